The monoisotopic (exact) mass is 553 g/mol. The van der Waals surface area contributed by atoms with Gasteiger partial charge in [0.25, 0.3) is 0 Å². The number of aromatic nitrogens is 3. The SMILES string of the molecule is C#CN(C(C)=NC)c1ccc(-c2cc(C(F)(F)F)c3c(n2)sc2c(OCC)nc(N4CCNCC4)nc23)cc1. The van der Waals surface area contributed by atoms with Crippen molar-refractivity contribution < 1.29 is 17.9 Å². The van der Waals surface area contributed by atoms with Gasteiger partial charge in [-0.2, -0.15) is 18.2 Å². The third-order valence-corrected chi connectivity index (χ3v) is 7.49. The molecule has 202 valence electrons. The molecule has 1 N–H and O–H groups in total. The zero-order valence-corrected chi connectivity index (χ0v) is 22.4. The van der Waals surface area contributed by atoms with Crippen molar-refractivity contribution in [1.29, 1.82) is 0 Å². The highest BCUT2D eigenvalue weighted by Crippen LogP contribution is 2.45. The van der Waals surface area contributed by atoms with Crippen LogP contribution in [0.5, 0.6) is 5.88 Å². The summed E-state index contributed by atoms with van der Waals surface area (Å²) in [6.45, 7) is 6.65. The topological polar surface area (TPSA) is 78.8 Å². The number of piperazine rings is 1. The molecule has 1 fully saturated rings. The van der Waals surface area contributed by atoms with Gasteiger partial charge in [0, 0.05) is 44.8 Å². The van der Waals surface area contributed by atoms with Gasteiger partial charge in [0.1, 0.15) is 20.9 Å². The van der Waals surface area contributed by atoms with Crippen LogP contribution in [-0.2, 0) is 6.18 Å². The van der Waals surface area contributed by atoms with Crippen LogP contribution in [0.3, 0.4) is 0 Å². The number of benzene rings is 1. The van der Waals surface area contributed by atoms with E-state index in [0.717, 1.165) is 30.5 Å². The van der Waals surface area contributed by atoms with Crippen LogP contribution >= 0.6 is 11.3 Å². The summed E-state index contributed by atoms with van der Waals surface area (Å²) >= 11 is 1.10. The lowest BCUT2D eigenvalue weighted by molar-refractivity contribution is -0.136. The molecule has 1 aliphatic rings. The molecule has 4 heterocycles. The number of hydrogen-bond donors (Lipinski definition) is 1. The lowest BCUT2D eigenvalue weighted by Gasteiger charge is -2.27. The van der Waals surface area contributed by atoms with Crippen molar-refractivity contribution in [2.24, 2.45) is 4.99 Å². The number of hydrogen-bond acceptors (Lipinski definition) is 8. The van der Waals surface area contributed by atoms with Crippen LogP contribution in [-0.4, -0.2) is 60.6 Å². The molecule has 39 heavy (non-hydrogen) atoms. The van der Waals surface area contributed by atoms with Crippen molar-refractivity contribution >= 4 is 49.2 Å². The van der Waals surface area contributed by atoms with E-state index in [0.29, 0.717) is 47.4 Å². The third-order valence-electron chi connectivity index (χ3n) is 6.43. The summed E-state index contributed by atoms with van der Waals surface area (Å²) in [5.41, 5.74) is 0.770. The van der Waals surface area contributed by atoms with Crippen LogP contribution in [0.4, 0.5) is 24.8 Å². The summed E-state index contributed by atoms with van der Waals surface area (Å²) in [5, 5.41) is 3.21. The van der Waals surface area contributed by atoms with Gasteiger partial charge in [0.15, 0.2) is 0 Å². The molecule has 0 radical (unpaired) electrons. The molecular weight excluding hydrogens is 527 g/mol. The largest absolute Gasteiger partial charge is 0.477 e. The molecule has 1 aromatic carbocycles. The number of ether oxygens (including phenoxy) is 1. The molecule has 8 nitrogen and oxygen atoms in total. The number of nitrogens with one attached hydrogen (secondary N) is 1. The maximum atomic E-state index is 14.5. The molecule has 0 aliphatic carbocycles. The molecule has 1 saturated heterocycles. The quantitative estimate of drug-likeness (QED) is 0.158. The fourth-order valence-corrected chi connectivity index (χ4v) is 5.53. The van der Waals surface area contributed by atoms with Crippen LogP contribution in [0, 0.1) is 12.5 Å². The van der Waals surface area contributed by atoms with Crippen LogP contribution in [0.25, 0.3) is 31.7 Å². The first-order chi connectivity index (χ1) is 18.7. The maximum absolute atomic E-state index is 14.5. The Kier molecular flexibility index (Phi) is 7.29. The smallest absolute Gasteiger partial charge is 0.417 e. The maximum Gasteiger partial charge on any atom is 0.417 e. The lowest BCUT2D eigenvalue weighted by Crippen LogP contribution is -2.44. The lowest BCUT2D eigenvalue weighted by atomic mass is 10.1. The second-order valence-corrected chi connectivity index (χ2v) is 9.79. The molecule has 5 rings (SSSR count). The Labute approximate surface area is 227 Å². The van der Waals surface area contributed by atoms with Gasteiger partial charge in [-0.3, -0.25) is 9.89 Å². The van der Waals surface area contributed by atoms with Gasteiger partial charge >= 0.3 is 6.18 Å². The summed E-state index contributed by atoms with van der Waals surface area (Å²) in [5.74, 6) is 1.23. The molecule has 0 spiro atoms. The van der Waals surface area contributed by atoms with Gasteiger partial charge < -0.3 is 15.0 Å². The van der Waals surface area contributed by atoms with E-state index in [1.807, 2.05) is 11.8 Å². The number of terminal acetylenes is 1. The number of alkyl halides is 3. The average molecular weight is 554 g/mol. The second kappa shape index (κ2) is 10.7. The summed E-state index contributed by atoms with van der Waals surface area (Å²) < 4.78 is 49.7. The normalized spacial score (nSPS) is 14.6. The van der Waals surface area contributed by atoms with E-state index in [-0.39, 0.29) is 27.3 Å². The fourth-order valence-electron chi connectivity index (χ4n) is 4.45. The van der Waals surface area contributed by atoms with Gasteiger partial charge in [-0.05, 0) is 32.0 Å². The van der Waals surface area contributed by atoms with Crippen LogP contribution in [0.15, 0.2) is 35.3 Å². The number of rotatable bonds is 5. The molecule has 0 saturated carbocycles. The number of fused-ring (bicyclic) bond motifs is 3. The first kappa shape index (κ1) is 26.6. The van der Waals surface area contributed by atoms with Crippen molar-refractivity contribution in [3.05, 3.63) is 35.9 Å². The van der Waals surface area contributed by atoms with Crippen molar-refractivity contribution in [3.63, 3.8) is 0 Å². The van der Waals surface area contributed by atoms with E-state index in [1.165, 1.54) is 0 Å². The third kappa shape index (κ3) is 5.07. The molecule has 3 aromatic heterocycles. The van der Waals surface area contributed by atoms with Gasteiger partial charge in [-0.1, -0.05) is 18.6 Å². The fraction of sp³-hybridized carbons (Fsp3) is 0.333. The number of halogens is 3. The Hall–Kier alpha value is -3.95. The number of aliphatic imine (C=N–C) groups is 1. The standard InChI is InChI=1S/C27H26F3N7OS/c1-5-37(16(3)31-4)18-9-7-17(8-10-18)20-15-19(27(28,29)30)21-22-23(39-25(21)33-20)24(38-6-2)35-26(34-22)36-13-11-32-12-14-36/h1,7-10,15,32H,6,11-14H2,2-4H3. The molecular formula is C27H26F3N7OS. The van der Waals surface area contributed by atoms with Crippen molar-refractivity contribution in [2.45, 2.75) is 20.0 Å². The minimum atomic E-state index is -4.63. The zero-order valence-electron chi connectivity index (χ0n) is 21.6. The highest BCUT2D eigenvalue weighted by molar-refractivity contribution is 7.25. The molecule has 0 atom stereocenters. The zero-order chi connectivity index (χ0) is 27.7. The van der Waals surface area contributed by atoms with Gasteiger partial charge in [-0.25, -0.2) is 9.97 Å². The molecule has 1 aliphatic heterocycles. The summed E-state index contributed by atoms with van der Waals surface area (Å²) in [4.78, 5) is 21.6. The minimum absolute atomic E-state index is 0.0455. The van der Waals surface area contributed by atoms with Gasteiger partial charge in [0.2, 0.25) is 11.8 Å². The number of amidine groups is 1. The Morgan fingerprint density at radius 1 is 1.21 bits per heavy atom. The van der Waals surface area contributed by atoms with Crippen LogP contribution in [0.2, 0.25) is 0 Å². The number of pyridine rings is 1. The van der Waals surface area contributed by atoms with Crippen molar-refractivity contribution in [3.8, 4) is 29.6 Å². The van der Waals surface area contributed by atoms with E-state index in [4.69, 9.17) is 11.2 Å². The molecule has 0 bridgehead atoms. The Morgan fingerprint density at radius 2 is 1.92 bits per heavy atom. The van der Waals surface area contributed by atoms with E-state index in [2.05, 4.69) is 31.3 Å². The van der Waals surface area contributed by atoms with E-state index < -0.39 is 11.7 Å². The molecule has 0 amide bonds. The summed E-state index contributed by atoms with van der Waals surface area (Å²) in [6.07, 6.45) is 0.987. The highest BCUT2D eigenvalue weighted by atomic mass is 32.1. The van der Waals surface area contributed by atoms with Gasteiger partial charge in [-0.15, -0.1) is 11.3 Å². The average Bonchev–Trinajstić information content (AvgIpc) is 3.32. The first-order valence-corrected chi connectivity index (χ1v) is 13.2. The Morgan fingerprint density at radius 3 is 2.54 bits per heavy atom. The Balaban J connectivity index is 1.69. The van der Waals surface area contributed by atoms with Crippen molar-refractivity contribution in [1.82, 2.24) is 20.3 Å². The molecule has 4 aromatic rings. The summed E-state index contributed by atoms with van der Waals surface area (Å²) in [6, 6.07) is 10.5. The number of anilines is 2. The molecule has 0 unspecified atom stereocenters. The van der Waals surface area contributed by atoms with Crippen LogP contribution in [0.1, 0.15) is 19.4 Å². The number of thiophene rings is 1. The van der Waals surface area contributed by atoms with Gasteiger partial charge in [0.05, 0.1) is 28.9 Å². The second-order valence-electron chi connectivity index (χ2n) is 8.79. The highest BCUT2D eigenvalue weighted by Gasteiger charge is 2.36. The number of nitrogens with zero attached hydrogens (tertiary/aromatic N) is 6. The minimum Gasteiger partial charge on any atom is -0.477 e. The van der Waals surface area contributed by atoms with E-state index >= 15 is 0 Å². The van der Waals surface area contributed by atoms with Crippen molar-refractivity contribution in [2.75, 3.05) is 49.6 Å². The van der Waals surface area contributed by atoms with E-state index in [9.17, 15) is 13.2 Å². The summed E-state index contributed by atoms with van der Waals surface area (Å²) in [7, 11) is 1.63. The molecule has 12 heteroatoms. The van der Waals surface area contributed by atoms with E-state index in [1.54, 1.807) is 43.1 Å². The Bertz CT molecular complexity index is 1590. The first-order valence-electron chi connectivity index (χ1n) is 12.4. The van der Waals surface area contributed by atoms with Crippen LogP contribution < -0.4 is 19.9 Å². The predicted molar refractivity (Wildman–Crippen MR) is 150 cm³/mol. The predicted octanol–water partition coefficient (Wildman–Crippen LogP) is 5.18.